The number of carbonyl (C=O) groups excluding carboxylic acids is 1. The first kappa shape index (κ1) is 16.0. The van der Waals surface area contributed by atoms with E-state index in [1.54, 1.807) is 6.92 Å². The minimum atomic E-state index is -1.35. The van der Waals surface area contributed by atoms with Crippen LogP contribution in [0.3, 0.4) is 0 Å². The molecule has 1 N–H and O–H groups in total. The van der Waals surface area contributed by atoms with Crippen molar-refractivity contribution < 1.29 is 23.8 Å². The SMILES string of the molecule is CC1CN(C(=O)O)C(=O)c2c(OCc3ccccc3)ccc(F)c21. The molecule has 1 heterocycles. The van der Waals surface area contributed by atoms with E-state index < -0.39 is 23.7 Å². The zero-order valence-electron chi connectivity index (χ0n) is 13.0. The van der Waals surface area contributed by atoms with Crippen LogP contribution in [0.25, 0.3) is 0 Å². The molecule has 0 aromatic heterocycles. The van der Waals surface area contributed by atoms with Gasteiger partial charge in [-0.15, -0.1) is 0 Å². The molecular weight excluding hydrogens is 313 g/mol. The van der Waals surface area contributed by atoms with Gasteiger partial charge in [-0.2, -0.15) is 0 Å². The van der Waals surface area contributed by atoms with Crippen LogP contribution < -0.4 is 4.74 Å². The predicted molar refractivity (Wildman–Crippen MR) is 84.7 cm³/mol. The van der Waals surface area contributed by atoms with Crippen molar-refractivity contribution in [1.29, 1.82) is 0 Å². The Labute approximate surface area is 138 Å². The molecule has 0 radical (unpaired) electrons. The van der Waals surface area contributed by atoms with Crippen molar-refractivity contribution in [2.45, 2.75) is 19.4 Å². The summed E-state index contributed by atoms with van der Waals surface area (Å²) in [4.78, 5) is 24.4. The number of ether oxygens (including phenoxy) is 1. The first-order chi connectivity index (χ1) is 11.5. The van der Waals surface area contributed by atoms with Gasteiger partial charge in [0, 0.05) is 18.0 Å². The summed E-state index contributed by atoms with van der Waals surface area (Å²) in [5, 5.41) is 9.19. The molecule has 1 aliphatic rings. The van der Waals surface area contributed by atoms with Crippen LogP contribution in [-0.4, -0.2) is 28.6 Å². The summed E-state index contributed by atoms with van der Waals surface area (Å²) in [5.74, 6) is -1.52. The van der Waals surface area contributed by atoms with Gasteiger partial charge in [-0.05, 0) is 17.7 Å². The van der Waals surface area contributed by atoms with Gasteiger partial charge < -0.3 is 9.84 Å². The van der Waals surface area contributed by atoms with Crippen molar-refractivity contribution in [1.82, 2.24) is 4.90 Å². The number of carboxylic acid groups (broad SMARTS) is 1. The molecule has 2 aromatic rings. The molecule has 0 saturated carbocycles. The largest absolute Gasteiger partial charge is 0.488 e. The zero-order chi connectivity index (χ0) is 17.3. The highest BCUT2D eigenvalue weighted by atomic mass is 19.1. The molecule has 0 spiro atoms. The zero-order valence-corrected chi connectivity index (χ0v) is 13.0. The molecule has 124 valence electrons. The Bertz CT molecular complexity index is 791. The van der Waals surface area contributed by atoms with E-state index >= 15 is 0 Å². The Balaban J connectivity index is 1.98. The van der Waals surface area contributed by atoms with Crippen LogP contribution in [0, 0.1) is 5.82 Å². The second-order valence-corrected chi connectivity index (χ2v) is 5.71. The van der Waals surface area contributed by atoms with Gasteiger partial charge in [0.05, 0.1) is 5.56 Å². The van der Waals surface area contributed by atoms with Gasteiger partial charge in [-0.25, -0.2) is 14.1 Å². The number of rotatable bonds is 3. The monoisotopic (exact) mass is 329 g/mol. The Hall–Kier alpha value is -2.89. The molecule has 0 fully saturated rings. The molecular formula is C18H16FNO4. The second kappa shape index (κ2) is 6.31. The summed E-state index contributed by atoms with van der Waals surface area (Å²) in [6, 6.07) is 11.9. The summed E-state index contributed by atoms with van der Waals surface area (Å²) < 4.78 is 19.9. The number of imide groups is 1. The predicted octanol–water partition coefficient (Wildman–Crippen LogP) is 3.64. The van der Waals surface area contributed by atoms with E-state index in [0.29, 0.717) is 4.90 Å². The van der Waals surface area contributed by atoms with Crippen molar-refractivity contribution in [2.75, 3.05) is 6.54 Å². The van der Waals surface area contributed by atoms with Crippen LogP contribution in [0.1, 0.15) is 34.3 Å². The van der Waals surface area contributed by atoms with E-state index in [1.165, 1.54) is 12.1 Å². The molecule has 2 aromatic carbocycles. The standard InChI is InChI=1S/C18H16FNO4/c1-11-9-20(18(22)23)17(21)16-14(8-7-13(19)15(11)16)24-10-12-5-3-2-4-6-12/h2-8,11H,9-10H2,1H3,(H,22,23). The third kappa shape index (κ3) is 2.82. The number of halogens is 1. The van der Waals surface area contributed by atoms with Crippen LogP contribution in [0.4, 0.5) is 9.18 Å². The molecule has 1 atom stereocenters. The van der Waals surface area contributed by atoms with Crippen LogP contribution in [-0.2, 0) is 6.61 Å². The van der Waals surface area contributed by atoms with E-state index in [-0.39, 0.29) is 30.0 Å². The fraction of sp³-hybridized carbons (Fsp3) is 0.222. The van der Waals surface area contributed by atoms with Crippen LogP contribution in [0.5, 0.6) is 5.75 Å². The number of nitrogens with zero attached hydrogens (tertiary/aromatic N) is 1. The number of carbonyl (C=O) groups is 2. The maximum atomic E-state index is 14.2. The summed E-state index contributed by atoms with van der Waals surface area (Å²) in [6.45, 7) is 1.82. The molecule has 2 amide bonds. The van der Waals surface area contributed by atoms with Gasteiger partial charge >= 0.3 is 6.09 Å². The van der Waals surface area contributed by atoms with Gasteiger partial charge in [0.25, 0.3) is 5.91 Å². The van der Waals surface area contributed by atoms with Crippen molar-refractivity contribution in [3.63, 3.8) is 0 Å². The lowest BCUT2D eigenvalue weighted by Gasteiger charge is -2.30. The maximum Gasteiger partial charge on any atom is 0.414 e. The van der Waals surface area contributed by atoms with E-state index in [2.05, 4.69) is 0 Å². The Morgan fingerprint density at radius 1 is 1.29 bits per heavy atom. The molecule has 24 heavy (non-hydrogen) atoms. The van der Waals surface area contributed by atoms with Crippen molar-refractivity contribution in [2.24, 2.45) is 0 Å². The second-order valence-electron chi connectivity index (χ2n) is 5.71. The Kier molecular flexibility index (Phi) is 4.20. The number of hydrogen-bond donors (Lipinski definition) is 1. The molecule has 1 unspecified atom stereocenters. The fourth-order valence-electron chi connectivity index (χ4n) is 2.88. The molecule has 3 rings (SSSR count). The maximum absolute atomic E-state index is 14.2. The Morgan fingerprint density at radius 3 is 2.67 bits per heavy atom. The molecule has 0 aliphatic carbocycles. The molecule has 0 bridgehead atoms. The third-order valence-electron chi connectivity index (χ3n) is 4.03. The number of hydrogen-bond acceptors (Lipinski definition) is 3. The molecule has 1 aliphatic heterocycles. The van der Waals surface area contributed by atoms with Gasteiger partial charge in [-0.1, -0.05) is 37.3 Å². The van der Waals surface area contributed by atoms with Gasteiger partial charge in [0.1, 0.15) is 18.2 Å². The van der Waals surface area contributed by atoms with Gasteiger partial charge in [0.15, 0.2) is 0 Å². The van der Waals surface area contributed by atoms with E-state index in [0.717, 1.165) is 5.56 Å². The van der Waals surface area contributed by atoms with Gasteiger partial charge in [-0.3, -0.25) is 4.79 Å². The first-order valence-electron chi connectivity index (χ1n) is 7.53. The van der Waals surface area contributed by atoms with Crippen molar-refractivity contribution in [3.05, 3.63) is 65.0 Å². The van der Waals surface area contributed by atoms with Crippen LogP contribution in [0.15, 0.2) is 42.5 Å². The highest BCUT2D eigenvalue weighted by Crippen LogP contribution is 2.36. The molecule has 6 heteroatoms. The topological polar surface area (TPSA) is 66.8 Å². The minimum Gasteiger partial charge on any atom is -0.488 e. The first-order valence-corrected chi connectivity index (χ1v) is 7.53. The summed E-state index contributed by atoms with van der Waals surface area (Å²) in [5.41, 5.74) is 1.09. The number of amides is 2. The average Bonchev–Trinajstić information content (AvgIpc) is 2.57. The van der Waals surface area contributed by atoms with E-state index in [4.69, 9.17) is 4.74 Å². The highest BCUT2D eigenvalue weighted by molar-refractivity contribution is 6.06. The quantitative estimate of drug-likeness (QED) is 0.933. The minimum absolute atomic E-state index is 0.00733. The van der Waals surface area contributed by atoms with E-state index in [1.807, 2.05) is 30.3 Å². The fourth-order valence-corrected chi connectivity index (χ4v) is 2.88. The summed E-state index contributed by atoms with van der Waals surface area (Å²) in [6.07, 6.45) is -1.35. The third-order valence-corrected chi connectivity index (χ3v) is 4.03. The van der Waals surface area contributed by atoms with Gasteiger partial charge in [0.2, 0.25) is 0 Å². The normalized spacial score (nSPS) is 16.7. The number of benzene rings is 2. The molecule has 0 saturated heterocycles. The number of fused-ring (bicyclic) bond motifs is 1. The summed E-state index contributed by atoms with van der Waals surface area (Å²) in [7, 11) is 0. The lowest BCUT2D eigenvalue weighted by molar-refractivity contribution is 0.0704. The Morgan fingerprint density at radius 2 is 2.00 bits per heavy atom. The van der Waals surface area contributed by atoms with Crippen LogP contribution >= 0.6 is 0 Å². The highest BCUT2D eigenvalue weighted by Gasteiger charge is 2.37. The van der Waals surface area contributed by atoms with Crippen molar-refractivity contribution >= 4 is 12.0 Å². The van der Waals surface area contributed by atoms with E-state index in [9.17, 15) is 19.1 Å². The van der Waals surface area contributed by atoms with Crippen molar-refractivity contribution in [3.8, 4) is 5.75 Å². The lowest BCUT2D eigenvalue weighted by Crippen LogP contribution is -2.43. The summed E-state index contributed by atoms with van der Waals surface area (Å²) >= 11 is 0. The smallest absolute Gasteiger partial charge is 0.414 e. The average molecular weight is 329 g/mol. The van der Waals surface area contributed by atoms with Crippen LogP contribution in [0.2, 0.25) is 0 Å². The molecule has 5 nitrogen and oxygen atoms in total. The lowest BCUT2D eigenvalue weighted by atomic mass is 9.89.